The maximum absolute atomic E-state index is 11.4. The predicted molar refractivity (Wildman–Crippen MR) is 71.1 cm³/mol. The van der Waals surface area contributed by atoms with E-state index in [4.69, 9.17) is 22.3 Å². The molecule has 0 unspecified atom stereocenters. The number of hydrogen-bond acceptors (Lipinski definition) is 7. The highest BCUT2D eigenvalue weighted by Gasteiger charge is 2.31. The summed E-state index contributed by atoms with van der Waals surface area (Å²) in [6, 6.07) is 0. The highest BCUT2D eigenvalue weighted by Crippen LogP contribution is 2.43. The summed E-state index contributed by atoms with van der Waals surface area (Å²) in [5.41, 5.74) is 10.1. The average molecular weight is 324 g/mol. The van der Waals surface area contributed by atoms with Gasteiger partial charge in [0, 0.05) is 14.1 Å². The van der Waals surface area contributed by atoms with Gasteiger partial charge in [0.1, 0.15) is 13.1 Å². The molecule has 12 nitrogen and oxygen atoms in total. The minimum atomic E-state index is -4.95. The Morgan fingerprint density at radius 2 is 1.33 bits per heavy atom. The van der Waals surface area contributed by atoms with Crippen LogP contribution in [-0.4, -0.2) is 65.7 Å². The van der Waals surface area contributed by atoms with Crippen molar-refractivity contribution in [3.8, 4) is 0 Å². The summed E-state index contributed by atoms with van der Waals surface area (Å²) >= 11 is 0. The second kappa shape index (κ2) is 7.45. The number of nitrogens with one attached hydrogen (secondary N) is 2. The Morgan fingerprint density at radius 1 is 1.05 bits per heavy atom. The molecule has 0 spiro atoms. The lowest BCUT2D eigenvalue weighted by molar-refractivity contribution is -0.140. The van der Waals surface area contributed by atoms with E-state index in [-0.39, 0.29) is 0 Å². The summed E-state index contributed by atoms with van der Waals surface area (Å²) in [7, 11) is -2.40. The van der Waals surface area contributed by atoms with Crippen LogP contribution in [0.1, 0.15) is 0 Å². The second-order valence-corrected chi connectivity index (χ2v) is 5.18. The average Bonchev–Trinajstić information content (AvgIpc) is 2.25. The first kappa shape index (κ1) is 18.7. The van der Waals surface area contributed by atoms with Gasteiger partial charge in [-0.3, -0.25) is 15.7 Å². The maximum atomic E-state index is 11.4. The van der Waals surface area contributed by atoms with Crippen molar-refractivity contribution in [3.63, 3.8) is 0 Å². The van der Waals surface area contributed by atoms with E-state index in [2.05, 4.69) is 9.05 Å². The van der Waals surface area contributed by atoms with Crippen LogP contribution in [0.15, 0.2) is 0 Å². The monoisotopic (exact) mass is 324 g/mol. The van der Waals surface area contributed by atoms with E-state index in [1.54, 1.807) is 0 Å². The van der Waals surface area contributed by atoms with Crippen LogP contribution in [0.2, 0.25) is 0 Å². The van der Waals surface area contributed by atoms with E-state index in [1.807, 2.05) is 0 Å². The van der Waals surface area contributed by atoms with Crippen LogP contribution in [0.3, 0.4) is 0 Å². The lowest BCUT2D eigenvalue weighted by Crippen LogP contribution is -2.38. The van der Waals surface area contributed by atoms with Crippen molar-refractivity contribution < 1.29 is 28.1 Å². The van der Waals surface area contributed by atoms with Crippen molar-refractivity contribution in [2.24, 2.45) is 11.5 Å². The number of phosphoric acid groups is 1. The molecule has 0 bridgehead atoms. The molecule has 0 heterocycles. The minimum Gasteiger partial charge on any atom is -0.370 e. The number of likely N-dealkylation sites (N-methyl/N-ethyl adjacent to an activating group) is 2. The zero-order valence-electron chi connectivity index (χ0n) is 11.4. The van der Waals surface area contributed by atoms with E-state index < -0.39 is 44.8 Å². The van der Waals surface area contributed by atoms with Crippen molar-refractivity contribution in [1.82, 2.24) is 9.80 Å². The van der Waals surface area contributed by atoms with Crippen molar-refractivity contribution in [1.29, 1.82) is 10.8 Å². The van der Waals surface area contributed by atoms with Gasteiger partial charge in [-0.15, -0.1) is 0 Å². The fourth-order valence-corrected chi connectivity index (χ4v) is 1.56. The molecule has 7 N–H and O–H groups in total. The third-order valence-electron chi connectivity index (χ3n) is 1.99. The summed E-state index contributed by atoms with van der Waals surface area (Å²) in [5, 5.41) is 14.0. The molecule has 0 aliphatic heterocycles. The van der Waals surface area contributed by atoms with Crippen molar-refractivity contribution >= 4 is 31.7 Å². The largest absolute Gasteiger partial charge is 0.589 e. The fraction of sp³-hybridized carbons (Fsp3) is 0.500. The van der Waals surface area contributed by atoms with Gasteiger partial charge in [0.05, 0.1) is 0 Å². The molecule has 0 rings (SSSR count). The molecule has 0 amide bonds. The van der Waals surface area contributed by atoms with Crippen molar-refractivity contribution in [3.05, 3.63) is 0 Å². The summed E-state index contributed by atoms with van der Waals surface area (Å²) in [5.74, 6) is -3.35. The minimum absolute atomic E-state index is 0.459. The number of phosphoric ester groups is 1. The number of nitrogens with two attached hydrogens (primary N) is 2. The Kier molecular flexibility index (Phi) is 6.62. The van der Waals surface area contributed by atoms with E-state index >= 15 is 0 Å². The van der Waals surface area contributed by atoms with Crippen LogP contribution >= 0.6 is 7.82 Å². The summed E-state index contributed by atoms with van der Waals surface area (Å²) in [4.78, 5) is 33.7. The fourth-order valence-electron chi connectivity index (χ4n) is 0.891. The molecule has 0 aromatic carbocycles. The summed E-state index contributed by atoms with van der Waals surface area (Å²) in [6.07, 6.45) is 0. The Labute approximate surface area is 120 Å². The van der Waals surface area contributed by atoms with Gasteiger partial charge in [-0.2, -0.15) is 0 Å². The van der Waals surface area contributed by atoms with Gasteiger partial charge in [-0.05, 0) is 0 Å². The van der Waals surface area contributed by atoms with Gasteiger partial charge in [0.25, 0.3) is 0 Å². The Balaban J connectivity index is 4.46. The van der Waals surface area contributed by atoms with E-state index in [0.717, 1.165) is 9.80 Å². The molecule has 0 saturated heterocycles. The first-order valence-electron chi connectivity index (χ1n) is 5.32. The molecule has 0 aliphatic carbocycles. The molecule has 0 aromatic rings. The van der Waals surface area contributed by atoms with E-state index in [9.17, 15) is 19.0 Å². The molecule has 0 aliphatic rings. The molecule has 0 radical (unpaired) electrons. The van der Waals surface area contributed by atoms with Crippen LogP contribution < -0.4 is 11.5 Å². The first-order valence-corrected chi connectivity index (χ1v) is 6.82. The Hall–Kier alpha value is -2.33. The van der Waals surface area contributed by atoms with Crippen LogP contribution in [0, 0.1) is 10.8 Å². The number of hydrogen-bond donors (Lipinski definition) is 5. The highest BCUT2D eigenvalue weighted by atomic mass is 31.2. The molecule has 0 aromatic heterocycles. The summed E-state index contributed by atoms with van der Waals surface area (Å²) in [6.45, 7) is -1.16. The molecule has 13 heteroatoms. The number of guanidine groups is 2. The number of rotatable bonds is 6. The van der Waals surface area contributed by atoms with Crippen molar-refractivity contribution in [2.75, 3.05) is 27.2 Å². The highest BCUT2D eigenvalue weighted by molar-refractivity contribution is 7.48. The van der Waals surface area contributed by atoms with Gasteiger partial charge in [-0.25, -0.2) is 14.2 Å². The zero-order valence-corrected chi connectivity index (χ0v) is 12.3. The number of nitrogens with zero attached hydrogens (tertiary/aromatic N) is 2. The number of carbonyl (C=O) groups is 2. The number of carbonyl (C=O) groups excluding carboxylic acids is 2. The van der Waals surface area contributed by atoms with Crippen LogP contribution in [0.25, 0.3) is 0 Å². The lowest BCUT2D eigenvalue weighted by Gasteiger charge is -2.18. The topological polar surface area (TPSA) is 196 Å². The first-order chi connectivity index (χ1) is 9.44. The second-order valence-electron chi connectivity index (χ2n) is 3.88. The normalized spacial score (nSPS) is 12.7. The third-order valence-corrected chi connectivity index (χ3v) is 2.86. The van der Waals surface area contributed by atoms with Gasteiger partial charge >= 0.3 is 19.8 Å². The van der Waals surface area contributed by atoms with Gasteiger partial charge in [0.15, 0.2) is 11.9 Å². The smallest absolute Gasteiger partial charge is 0.370 e. The third kappa shape index (κ3) is 7.74. The standard InChI is InChI=1S/C8H17N6O6P/c1-13(7(9)10)3-5(15)19-21(17,18)20-6(16)4-14(2)8(11)12/h3-4H2,1-2H3,(H3,9,10)(H3,11,12)(H,17,18). The quantitative estimate of drug-likeness (QED) is 0.203. The van der Waals surface area contributed by atoms with Crippen molar-refractivity contribution in [2.45, 2.75) is 0 Å². The Bertz CT molecular complexity index is 456. The SMILES string of the molecule is CN(CC(=O)OP(=O)(O)OC(=O)CN(C)C(=N)N)C(=N)N. The molecule has 0 saturated carbocycles. The maximum Gasteiger partial charge on any atom is 0.589 e. The predicted octanol–water partition coefficient (Wildman–Crippen LogP) is -2.18. The Morgan fingerprint density at radius 3 is 1.57 bits per heavy atom. The van der Waals surface area contributed by atoms with Crippen LogP contribution in [-0.2, 0) is 23.2 Å². The molecule has 0 atom stereocenters. The molecular formula is C8H17N6O6P. The molecule has 0 fully saturated rings. The summed E-state index contributed by atoms with van der Waals surface area (Å²) < 4.78 is 19.6. The van der Waals surface area contributed by atoms with Gasteiger partial charge in [-0.1, -0.05) is 0 Å². The molecule has 120 valence electrons. The van der Waals surface area contributed by atoms with Crippen LogP contribution in [0.5, 0.6) is 0 Å². The molecular weight excluding hydrogens is 307 g/mol. The lowest BCUT2D eigenvalue weighted by atomic mass is 10.6. The van der Waals surface area contributed by atoms with E-state index in [1.165, 1.54) is 14.1 Å². The molecule has 21 heavy (non-hydrogen) atoms. The van der Waals surface area contributed by atoms with Gasteiger partial charge in [0.2, 0.25) is 0 Å². The van der Waals surface area contributed by atoms with Gasteiger partial charge < -0.3 is 30.3 Å². The zero-order chi connectivity index (χ0) is 16.8. The van der Waals surface area contributed by atoms with E-state index in [0.29, 0.717) is 0 Å². The van der Waals surface area contributed by atoms with Crippen LogP contribution in [0.4, 0.5) is 0 Å².